The van der Waals surface area contributed by atoms with E-state index in [9.17, 15) is 14.7 Å². The fourth-order valence-electron chi connectivity index (χ4n) is 1.33. The van der Waals surface area contributed by atoms with Crippen LogP contribution >= 0.6 is 0 Å². The second kappa shape index (κ2) is 3.69. The van der Waals surface area contributed by atoms with Crippen LogP contribution < -0.4 is 11.2 Å². The molecule has 0 fully saturated rings. The molecule has 1 rings (SSSR count). The molecule has 1 heterocycles. The second-order valence-corrected chi connectivity index (χ2v) is 3.25. The molecule has 0 saturated heterocycles. The van der Waals surface area contributed by atoms with Crippen LogP contribution in [0.5, 0.6) is 5.88 Å². The summed E-state index contributed by atoms with van der Waals surface area (Å²) < 4.78 is 2.21. The first kappa shape index (κ1) is 10.6. The molecule has 1 N–H and O–H groups in total. The van der Waals surface area contributed by atoms with E-state index in [1.54, 1.807) is 0 Å². The van der Waals surface area contributed by atoms with E-state index in [0.29, 0.717) is 13.0 Å². The van der Waals surface area contributed by atoms with Gasteiger partial charge in [0, 0.05) is 13.6 Å². The molecule has 0 radical (unpaired) electrons. The fraction of sp³-hybridized carbons (Fsp3) is 0.556. The summed E-state index contributed by atoms with van der Waals surface area (Å²) in [5, 5.41) is 9.41. The van der Waals surface area contributed by atoms with Gasteiger partial charge >= 0.3 is 5.69 Å². The maximum atomic E-state index is 11.5. The molecule has 0 amide bonds. The highest BCUT2D eigenvalue weighted by Crippen LogP contribution is 2.05. The Labute approximate surface area is 81.2 Å². The minimum absolute atomic E-state index is 0.209. The summed E-state index contributed by atoms with van der Waals surface area (Å²) in [6, 6.07) is 0. The molecule has 5 nitrogen and oxygen atoms in total. The molecule has 0 unspecified atom stereocenters. The van der Waals surface area contributed by atoms with Gasteiger partial charge in [-0.3, -0.25) is 13.9 Å². The molecular formula is C9H14N2O3. The van der Waals surface area contributed by atoms with E-state index < -0.39 is 11.2 Å². The van der Waals surface area contributed by atoms with Gasteiger partial charge in [-0.2, -0.15) is 0 Å². The Kier molecular flexibility index (Phi) is 2.78. The minimum atomic E-state index is -0.472. The Morgan fingerprint density at radius 3 is 2.43 bits per heavy atom. The third-order valence-electron chi connectivity index (χ3n) is 2.18. The van der Waals surface area contributed by atoms with Gasteiger partial charge in [0.25, 0.3) is 5.56 Å². The van der Waals surface area contributed by atoms with Crippen LogP contribution in [0, 0.1) is 6.92 Å². The van der Waals surface area contributed by atoms with Crippen molar-refractivity contribution in [3.63, 3.8) is 0 Å². The highest BCUT2D eigenvalue weighted by atomic mass is 16.3. The van der Waals surface area contributed by atoms with Crippen LogP contribution in [0.4, 0.5) is 0 Å². The Morgan fingerprint density at radius 2 is 1.93 bits per heavy atom. The molecule has 5 heteroatoms. The first-order valence-electron chi connectivity index (χ1n) is 4.50. The van der Waals surface area contributed by atoms with Gasteiger partial charge in [0.2, 0.25) is 5.88 Å². The molecule has 0 spiro atoms. The standard InChI is InChI=1S/C9H14N2O3/c1-4-5-11-8(13)6(2)7(12)10(3)9(11)14/h12H,4-5H2,1-3H3. The van der Waals surface area contributed by atoms with E-state index in [1.165, 1.54) is 14.0 Å². The Balaban J connectivity index is 3.61. The predicted octanol–water partition coefficient (Wildman–Crippen LogP) is -0.0290. The molecule has 0 aliphatic heterocycles. The number of nitrogens with zero attached hydrogens (tertiary/aromatic N) is 2. The van der Waals surface area contributed by atoms with Crippen molar-refractivity contribution in [1.29, 1.82) is 0 Å². The van der Waals surface area contributed by atoms with E-state index in [-0.39, 0.29) is 11.4 Å². The zero-order chi connectivity index (χ0) is 10.9. The fourth-order valence-corrected chi connectivity index (χ4v) is 1.33. The summed E-state index contributed by atoms with van der Waals surface area (Å²) >= 11 is 0. The maximum Gasteiger partial charge on any atom is 0.333 e. The van der Waals surface area contributed by atoms with Crippen molar-refractivity contribution in [1.82, 2.24) is 9.13 Å². The van der Waals surface area contributed by atoms with E-state index in [2.05, 4.69) is 0 Å². The molecule has 0 aliphatic rings. The van der Waals surface area contributed by atoms with Crippen molar-refractivity contribution in [2.75, 3.05) is 0 Å². The minimum Gasteiger partial charge on any atom is -0.494 e. The highest BCUT2D eigenvalue weighted by molar-refractivity contribution is 5.20. The zero-order valence-corrected chi connectivity index (χ0v) is 8.57. The van der Waals surface area contributed by atoms with Crippen molar-refractivity contribution >= 4 is 0 Å². The number of hydrogen-bond acceptors (Lipinski definition) is 3. The highest BCUT2D eigenvalue weighted by Gasteiger charge is 2.11. The SMILES string of the molecule is CCCn1c(=O)c(C)c(O)n(C)c1=O. The molecule has 14 heavy (non-hydrogen) atoms. The van der Waals surface area contributed by atoms with Crippen molar-refractivity contribution in [3.8, 4) is 5.88 Å². The Morgan fingerprint density at radius 1 is 1.36 bits per heavy atom. The van der Waals surface area contributed by atoms with E-state index in [0.717, 1.165) is 9.13 Å². The lowest BCUT2D eigenvalue weighted by atomic mass is 10.3. The number of aromatic nitrogens is 2. The van der Waals surface area contributed by atoms with Crippen LogP contribution in [-0.4, -0.2) is 14.2 Å². The van der Waals surface area contributed by atoms with Crippen molar-refractivity contribution in [2.45, 2.75) is 26.8 Å². The lowest BCUT2D eigenvalue weighted by molar-refractivity contribution is 0.401. The first-order valence-corrected chi connectivity index (χ1v) is 4.50. The molecule has 0 atom stereocenters. The van der Waals surface area contributed by atoms with Gasteiger partial charge in [0.1, 0.15) is 0 Å². The van der Waals surface area contributed by atoms with Gasteiger partial charge in [0.15, 0.2) is 0 Å². The number of aromatic hydroxyl groups is 1. The number of rotatable bonds is 2. The van der Waals surface area contributed by atoms with E-state index in [1.807, 2.05) is 6.92 Å². The largest absolute Gasteiger partial charge is 0.494 e. The molecule has 1 aromatic heterocycles. The molecule has 0 saturated carbocycles. The molecule has 0 aromatic carbocycles. The van der Waals surface area contributed by atoms with Crippen LogP contribution in [0.2, 0.25) is 0 Å². The first-order chi connectivity index (χ1) is 6.50. The third-order valence-corrected chi connectivity index (χ3v) is 2.18. The van der Waals surface area contributed by atoms with Crippen LogP contribution in [0.25, 0.3) is 0 Å². The molecule has 0 aliphatic carbocycles. The van der Waals surface area contributed by atoms with Gasteiger partial charge < -0.3 is 5.11 Å². The van der Waals surface area contributed by atoms with Crippen LogP contribution in [0.15, 0.2) is 9.59 Å². The number of hydrogen-bond donors (Lipinski definition) is 1. The van der Waals surface area contributed by atoms with Gasteiger partial charge in [0.05, 0.1) is 5.56 Å². The lowest BCUT2D eigenvalue weighted by Gasteiger charge is -2.09. The van der Waals surface area contributed by atoms with Gasteiger partial charge in [-0.05, 0) is 13.3 Å². The molecule has 78 valence electrons. The third kappa shape index (κ3) is 1.45. The summed E-state index contributed by atoms with van der Waals surface area (Å²) in [4.78, 5) is 23.1. The van der Waals surface area contributed by atoms with Gasteiger partial charge in [-0.1, -0.05) is 6.92 Å². The molecule has 1 aromatic rings. The van der Waals surface area contributed by atoms with Crippen LogP contribution in [-0.2, 0) is 13.6 Å². The Bertz CT molecular complexity index is 419. The van der Waals surface area contributed by atoms with E-state index >= 15 is 0 Å². The van der Waals surface area contributed by atoms with E-state index in [4.69, 9.17) is 0 Å². The molecular weight excluding hydrogens is 184 g/mol. The quantitative estimate of drug-likeness (QED) is 0.725. The smallest absolute Gasteiger partial charge is 0.333 e. The average molecular weight is 198 g/mol. The summed E-state index contributed by atoms with van der Waals surface area (Å²) in [6.07, 6.45) is 0.708. The zero-order valence-electron chi connectivity index (χ0n) is 8.57. The van der Waals surface area contributed by atoms with Crippen molar-refractivity contribution in [2.24, 2.45) is 7.05 Å². The topological polar surface area (TPSA) is 64.2 Å². The summed E-state index contributed by atoms with van der Waals surface area (Å²) in [5.41, 5.74) is -0.673. The predicted molar refractivity (Wildman–Crippen MR) is 52.6 cm³/mol. The van der Waals surface area contributed by atoms with Gasteiger partial charge in [-0.25, -0.2) is 4.79 Å². The van der Waals surface area contributed by atoms with Crippen molar-refractivity contribution in [3.05, 3.63) is 26.4 Å². The van der Waals surface area contributed by atoms with Crippen molar-refractivity contribution < 1.29 is 5.11 Å². The summed E-state index contributed by atoms with van der Waals surface area (Å²) in [6.45, 7) is 3.77. The lowest BCUT2D eigenvalue weighted by Crippen LogP contribution is -2.39. The monoisotopic (exact) mass is 198 g/mol. The average Bonchev–Trinajstić information content (AvgIpc) is 2.19. The second-order valence-electron chi connectivity index (χ2n) is 3.25. The summed E-state index contributed by atoms with van der Waals surface area (Å²) in [7, 11) is 1.44. The summed E-state index contributed by atoms with van der Waals surface area (Å²) in [5.74, 6) is -0.257. The van der Waals surface area contributed by atoms with Crippen LogP contribution in [0.1, 0.15) is 18.9 Å². The molecule has 0 bridgehead atoms. The van der Waals surface area contributed by atoms with Crippen LogP contribution in [0.3, 0.4) is 0 Å². The normalized spacial score (nSPS) is 10.5. The Hall–Kier alpha value is -1.52. The maximum absolute atomic E-state index is 11.5. The van der Waals surface area contributed by atoms with Gasteiger partial charge in [-0.15, -0.1) is 0 Å².